The molecule has 2 rings (SSSR count). The largest absolute Gasteiger partial charge is 0.381 e. The van der Waals surface area contributed by atoms with Crippen LogP contribution in [-0.2, 0) is 6.54 Å². The first-order chi connectivity index (χ1) is 8.63. The molecule has 0 bridgehead atoms. The second-order valence-electron chi connectivity index (χ2n) is 3.68. The van der Waals surface area contributed by atoms with Crippen molar-refractivity contribution in [2.45, 2.75) is 6.54 Å². The molecular formula is C12H12BrN3OS. The third-order valence-electron chi connectivity index (χ3n) is 2.27. The molecule has 2 amide bonds. The number of primary amides is 1. The normalized spacial score (nSPS) is 10.1. The Balaban J connectivity index is 1.92. The van der Waals surface area contributed by atoms with Crippen LogP contribution in [0.15, 0.2) is 39.5 Å². The molecule has 0 aliphatic rings. The number of urea groups is 1. The first-order valence-corrected chi connectivity index (χ1v) is 6.94. The second-order valence-corrected chi connectivity index (χ2v) is 5.97. The fourth-order valence-corrected chi connectivity index (χ4v) is 2.67. The monoisotopic (exact) mass is 325 g/mol. The van der Waals surface area contributed by atoms with Gasteiger partial charge in [0.1, 0.15) is 0 Å². The molecule has 4 N–H and O–H groups in total. The van der Waals surface area contributed by atoms with Crippen LogP contribution in [0.5, 0.6) is 0 Å². The van der Waals surface area contributed by atoms with Crippen molar-refractivity contribution in [1.82, 2.24) is 0 Å². The first kappa shape index (κ1) is 12.9. The van der Waals surface area contributed by atoms with Crippen molar-refractivity contribution < 1.29 is 4.79 Å². The number of hydrogen-bond acceptors (Lipinski definition) is 3. The van der Waals surface area contributed by atoms with Gasteiger partial charge in [-0.2, -0.15) is 0 Å². The maximum atomic E-state index is 10.7. The van der Waals surface area contributed by atoms with Gasteiger partial charge >= 0.3 is 6.03 Å². The summed E-state index contributed by atoms with van der Waals surface area (Å²) in [6.45, 7) is 0.769. The van der Waals surface area contributed by atoms with Gasteiger partial charge in [-0.3, -0.25) is 0 Å². The Kier molecular flexibility index (Phi) is 4.22. The van der Waals surface area contributed by atoms with E-state index >= 15 is 0 Å². The summed E-state index contributed by atoms with van der Waals surface area (Å²) < 4.78 is 1.13. The van der Waals surface area contributed by atoms with Crippen molar-refractivity contribution >= 4 is 44.7 Å². The van der Waals surface area contributed by atoms with Crippen LogP contribution < -0.4 is 16.4 Å². The summed E-state index contributed by atoms with van der Waals surface area (Å²) in [5, 5.41) is 7.91. The minimum atomic E-state index is -0.557. The Morgan fingerprint density at radius 2 is 1.94 bits per heavy atom. The number of carbonyl (C=O) groups excluding carboxylic acids is 1. The van der Waals surface area contributed by atoms with E-state index in [4.69, 9.17) is 5.73 Å². The molecule has 1 aromatic heterocycles. The number of thiophene rings is 1. The van der Waals surface area contributed by atoms with Crippen LogP contribution in [0.25, 0.3) is 0 Å². The third-order valence-corrected chi connectivity index (χ3v) is 3.82. The second kappa shape index (κ2) is 5.88. The molecule has 6 heteroatoms. The molecule has 0 spiro atoms. The predicted molar refractivity (Wildman–Crippen MR) is 79.0 cm³/mol. The van der Waals surface area contributed by atoms with E-state index in [1.165, 1.54) is 5.56 Å². The van der Waals surface area contributed by atoms with Crippen molar-refractivity contribution in [2.75, 3.05) is 10.6 Å². The summed E-state index contributed by atoms with van der Waals surface area (Å²) in [6.07, 6.45) is 0. The zero-order valence-corrected chi connectivity index (χ0v) is 11.8. The van der Waals surface area contributed by atoms with Crippen LogP contribution in [0.1, 0.15) is 5.56 Å². The van der Waals surface area contributed by atoms with E-state index in [2.05, 4.69) is 38.0 Å². The lowest BCUT2D eigenvalue weighted by Crippen LogP contribution is -2.19. The highest BCUT2D eigenvalue weighted by molar-refractivity contribution is 9.11. The van der Waals surface area contributed by atoms with Gasteiger partial charge < -0.3 is 16.4 Å². The van der Waals surface area contributed by atoms with Crippen molar-refractivity contribution in [3.63, 3.8) is 0 Å². The molecule has 4 nitrogen and oxygen atoms in total. The molecule has 0 saturated carbocycles. The molecule has 0 atom stereocenters. The summed E-state index contributed by atoms with van der Waals surface area (Å²) >= 11 is 5.09. The SMILES string of the molecule is NC(=O)Nc1ccc(NCc2csc(Br)c2)cc1. The first-order valence-electron chi connectivity index (χ1n) is 5.27. The van der Waals surface area contributed by atoms with Crippen LogP contribution in [0.4, 0.5) is 16.2 Å². The van der Waals surface area contributed by atoms with Crippen LogP contribution in [-0.4, -0.2) is 6.03 Å². The molecule has 1 heterocycles. The van der Waals surface area contributed by atoms with Crippen molar-refractivity contribution in [3.05, 3.63) is 45.1 Å². The van der Waals surface area contributed by atoms with E-state index in [-0.39, 0.29) is 0 Å². The topological polar surface area (TPSA) is 67.2 Å². The van der Waals surface area contributed by atoms with E-state index in [0.717, 1.165) is 16.0 Å². The van der Waals surface area contributed by atoms with E-state index < -0.39 is 6.03 Å². The smallest absolute Gasteiger partial charge is 0.316 e. The standard InChI is InChI=1S/C12H12BrN3OS/c13-11-5-8(7-18-11)6-15-9-1-3-10(4-2-9)16-12(14)17/h1-5,7,15H,6H2,(H3,14,16,17). The zero-order valence-electron chi connectivity index (χ0n) is 9.44. The lowest BCUT2D eigenvalue weighted by Gasteiger charge is -2.06. The number of benzene rings is 1. The molecule has 2 aromatic rings. The van der Waals surface area contributed by atoms with Gasteiger partial charge in [-0.15, -0.1) is 11.3 Å². The number of nitrogens with two attached hydrogens (primary N) is 1. The maximum absolute atomic E-state index is 10.7. The van der Waals surface area contributed by atoms with Gasteiger partial charge in [0.15, 0.2) is 0 Å². The van der Waals surface area contributed by atoms with Gasteiger partial charge in [0.05, 0.1) is 3.79 Å². The Morgan fingerprint density at radius 1 is 1.28 bits per heavy atom. The van der Waals surface area contributed by atoms with Crippen molar-refractivity contribution in [3.8, 4) is 0 Å². The van der Waals surface area contributed by atoms with Gasteiger partial charge in [0.2, 0.25) is 0 Å². The number of carbonyl (C=O) groups is 1. The molecule has 0 fully saturated rings. The molecule has 94 valence electrons. The van der Waals surface area contributed by atoms with Gasteiger partial charge in [0, 0.05) is 17.9 Å². The molecule has 0 radical (unpaired) electrons. The summed E-state index contributed by atoms with van der Waals surface area (Å²) in [6, 6.07) is 8.92. The average molecular weight is 326 g/mol. The summed E-state index contributed by atoms with van der Waals surface area (Å²) in [7, 11) is 0. The Bertz CT molecular complexity index is 539. The minimum Gasteiger partial charge on any atom is -0.381 e. The van der Waals surface area contributed by atoms with Gasteiger partial charge in [-0.1, -0.05) is 0 Å². The predicted octanol–water partition coefficient (Wildman–Crippen LogP) is 3.61. The number of halogens is 1. The molecule has 0 aliphatic carbocycles. The molecule has 18 heavy (non-hydrogen) atoms. The molecular weight excluding hydrogens is 314 g/mol. The number of nitrogens with one attached hydrogen (secondary N) is 2. The van der Waals surface area contributed by atoms with Crippen LogP contribution in [0.3, 0.4) is 0 Å². The lowest BCUT2D eigenvalue weighted by molar-refractivity contribution is 0.259. The molecule has 0 saturated heterocycles. The summed E-state index contributed by atoms with van der Waals surface area (Å²) in [4.78, 5) is 10.7. The fraction of sp³-hybridized carbons (Fsp3) is 0.0833. The number of anilines is 2. The van der Waals surface area contributed by atoms with E-state index in [9.17, 15) is 4.79 Å². The Morgan fingerprint density at radius 3 is 2.50 bits per heavy atom. The van der Waals surface area contributed by atoms with Crippen molar-refractivity contribution in [2.24, 2.45) is 5.73 Å². The highest BCUT2D eigenvalue weighted by Gasteiger charge is 1.99. The van der Waals surface area contributed by atoms with Gasteiger partial charge in [-0.25, -0.2) is 4.79 Å². The number of hydrogen-bond donors (Lipinski definition) is 3. The highest BCUT2D eigenvalue weighted by atomic mass is 79.9. The molecule has 1 aromatic carbocycles. The van der Waals surface area contributed by atoms with Crippen LogP contribution in [0.2, 0.25) is 0 Å². The van der Waals surface area contributed by atoms with Crippen LogP contribution >= 0.6 is 27.3 Å². The molecule has 0 unspecified atom stereocenters. The third kappa shape index (κ3) is 3.75. The fourth-order valence-electron chi connectivity index (χ4n) is 1.46. The number of rotatable bonds is 4. The van der Waals surface area contributed by atoms with Gasteiger partial charge in [-0.05, 0) is 57.2 Å². The van der Waals surface area contributed by atoms with Crippen molar-refractivity contribution in [1.29, 1.82) is 0 Å². The lowest BCUT2D eigenvalue weighted by atomic mass is 10.2. The number of amides is 2. The van der Waals surface area contributed by atoms with E-state index in [1.807, 2.05) is 12.1 Å². The maximum Gasteiger partial charge on any atom is 0.316 e. The Labute approximate surface area is 117 Å². The summed E-state index contributed by atoms with van der Waals surface area (Å²) in [5.41, 5.74) is 7.94. The van der Waals surface area contributed by atoms with E-state index in [0.29, 0.717) is 5.69 Å². The molecule has 0 aliphatic heterocycles. The van der Waals surface area contributed by atoms with E-state index in [1.54, 1.807) is 23.5 Å². The zero-order chi connectivity index (χ0) is 13.0. The minimum absolute atomic E-state index is 0.557. The Hall–Kier alpha value is -1.53. The highest BCUT2D eigenvalue weighted by Crippen LogP contribution is 2.21. The average Bonchev–Trinajstić information content (AvgIpc) is 2.74. The quantitative estimate of drug-likeness (QED) is 0.803. The van der Waals surface area contributed by atoms with Gasteiger partial charge in [0.25, 0.3) is 0 Å². The van der Waals surface area contributed by atoms with Crippen LogP contribution in [0, 0.1) is 0 Å². The summed E-state index contributed by atoms with van der Waals surface area (Å²) in [5.74, 6) is 0.